The van der Waals surface area contributed by atoms with Crippen molar-refractivity contribution >= 4 is 50.7 Å². The number of rotatable bonds is 5. The molecule has 128 valence electrons. The standard InChI is InChI=1S/C18H16ClN3O2S/c1-11-3-2-4-13(9-11)21-16(23)7-8-20-17(24)12-5-6-14-15(10-12)25-18(19)22-14/h2-6,9-10H,7-8H2,1H3,(H,20,24)(H,21,23). The molecule has 0 fully saturated rings. The topological polar surface area (TPSA) is 71.1 Å². The number of fused-ring (bicyclic) bond motifs is 1. The number of carbonyl (C=O) groups is 2. The van der Waals surface area contributed by atoms with E-state index in [0.29, 0.717) is 10.0 Å². The summed E-state index contributed by atoms with van der Waals surface area (Å²) in [5.41, 5.74) is 3.12. The minimum atomic E-state index is -0.227. The fourth-order valence-corrected chi connectivity index (χ4v) is 3.45. The van der Waals surface area contributed by atoms with Gasteiger partial charge in [0.15, 0.2) is 4.47 Å². The van der Waals surface area contributed by atoms with E-state index in [4.69, 9.17) is 11.6 Å². The molecule has 0 saturated carbocycles. The summed E-state index contributed by atoms with van der Waals surface area (Å²) in [6.07, 6.45) is 0.203. The SMILES string of the molecule is Cc1cccc(NC(=O)CCNC(=O)c2ccc3nc(Cl)sc3c2)c1. The summed E-state index contributed by atoms with van der Waals surface area (Å²) in [4.78, 5) is 28.3. The van der Waals surface area contributed by atoms with E-state index in [-0.39, 0.29) is 24.8 Å². The molecule has 0 aliphatic carbocycles. The summed E-state index contributed by atoms with van der Waals surface area (Å²) < 4.78 is 1.30. The number of hydrogen-bond acceptors (Lipinski definition) is 4. The number of thiazole rings is 1. The first-order chi connectivity index (χ1) is 12.0. The van der Waals surface area contributed by atoms with Crippen molar-refractivity contribution in [2.45, 2.75) is 13.3 Å². The minimum absolute atomic E-state index is 0.143. The van der Waals surface area contributed by atoms with Gasteiger partial charge in [0.05, 0.1) is 10.2 Å². The highest BCUT2D eigenvalue weighted by atomic mass is 35.5. The van der Waals surface area contributed by atoms with Gasteiger partial charge in [-0.25, -0.2) is 4.98 Å². The Kier molecular flexibility index (Phi) is 5.31. The van der Waals surface area contributed by atoms with Crippen LogP contribution in [-0.2, 0) is 4.79 Å². The lowest BCUT2D eigenvalue weighted by molar-refractivity contribution is -0.116. The Labute approximate surface area is 154 Å². The summed E-state index contributed by atoms with van der Waals surface area (Å²) in [5.74, 6) is -0.370. The van der Waals surface area contributed by atoms with Gasteiger partial charge >= 0.3 is 0 Å². The predicted octanol–water partition coefficient (Wildman–Crippen LogP) is 4.02. The second-order valence-electron chi connectivity index (χ2n) is 5.57. The Balaban J connectivity index is 1.52. The summed E-state index contributed by atoms with van der Waals surface area (Å²) in [7, 11) is 0. The van der Waals surface area contributed by atoms with Crippen LogP contribution in [0, 0.1) is 6.92 Å². The molecule has 0 spiro atoms. The van der Waals surface area contributed by atoms with E-state index < -0.39 is 0 Å². The highest BCUT2D eigenvalue weighted by Crippen LogP contribution is 2.26. The van der Waals surface area contributed by atoms with E-state index in [0.717, 1.165) is 21.5 Å². The fourth-order valence-electron chi connectivity index (χ4n) is 2.38. The van der Waals surface area contributed by atoms with Crippen LogP contribution in [0.1, 0.15) is 22.3 Å². The van der Waals surface area contributed by atoms with Gasteiger partial charge in [-0.1, -0.05) is 23.7 Å². The molecule has 1 heterocycles. The molecule has 0 bridgehead atoms. The molecule has 1 aromatic heterocycles. The van der Waals surface area contributed by atoms with Gasteiger partial charge in [-0.2, -0.15) is 0 Å². The number of hydrogen-bond donors (Lipinski definition) is 2. The van der Waals surface area contributed by atoms with Crippen LogP contribution in [-0.4, -0.2) is 23.3 Å². The molecule has 7 heteroatoms. The number of carbonyl (C=O) groups excluding carboxylic acids is 2. The second-order valence-corrected chi connectivity index (χ2v) is 7.19. The van der Waals surface area contributed by atoms with Gasteiger partial charge in [-0.05, 0) is 42.8 Å². The molecule has 2 aromatic carbocycles. The van der Waals surface area contributed by atoms with Crippen molar-refractivity contribution < 1.29 is 9.59 Å². The first kappa shape index (κ1) is 17.4. The van der Waals surface area contributed by atoms with Gasteiger partial charge < -0.3 is 10.6 Å². The average molecular weight is 374 g/mol. The van der Waals surface area contributed by atoms with Crippen LogP contribution < -0.4 is 10.6 Å². The molecule has 3 rings (SSSR count). The third-order valence-corrected chi connectivity index (χ3v) is 4.69. The summed E-state index contributed by atoms with van der Waals surface area (Å²) in [5, 5.41) is 5.56. The molecule has 0 saturated heterocycles. The maximum absolute atomic E-state index is 12.2. The van der Waals surface area contributed by atoms with Gasteiger partial charge in [0.1, 0.15) is 0 Å². The molecule has 5 nitrogen and oxygen atoms in total. The molecular weight excluding hydrogens is 358 g/mol. The molecule has 3 aromatic rings. The molecule has 2 amide bonds. The van der Waals surface area contributed by atoms with E-state index in [9.17, 15) is 9.59 Å². The number of benzene rings is 2. The Morgan fingerprint density at radius 2 is 2.04 bits per heavy atom. The molecule has 0 atom stereocenters. The molecular formula is C18H16ClN3O2S. The van der Waals surface area contributed by atoms with Crippen LogP contribution in [0.3, 0.4) is 0 Å². The smallest absolute Gasteiger partial charge is 0.251 e. The van der Waals surface area contributed by atoms with Crippen LogP contribution in [0.25, 0.3) is 10.2 Å². The quantitative estimate of drug-likeness (QED) is 0.709. The van der Waals surface area contributed by atoms with Crippen molar-refractivity contribution in [1.29, 1.82) is 0 Å². The normalized spacial score (nSPS) is 10.6. The Hall–Kier alpha value is -2.44. The van der Waals surface area contributed by atoms with Crippen molar-refractivity contribution in [3.8, 4) is 0 Å². The number of aryl methyl sites for hydroxylation is 1. The molecule has 0 aliphatic heterocycles. The van der Waals surface area contributed by atoms with Crippen LogP contribution in [0.2, 0.25) is 4.47 Å². The highest BCUT2D eigenvalue weighted by Gasteiger charge is 2.10. The lowest BCUT2D eigenvalue weighted by atomic mass is 10.2. The maximum atomic E-state index is 12.2. The number of halogens is 1. The van der Waals surface area contributed by atoms with Crippen molar-refractivity contribution in [2.24, 2.45) is 0 Å². The first-order valence-corrected chi connectivity index (χ1v) is 8.91. The zero-order valence-electron chi connectivity index (χ0n) is 13.5. The third kappa shape index (κ3) is 4.55. The van der Waals surface area contributed by atoms with Crippen molar-refractivity contribution in [1.82, 2.24) is 10.3 Å². The van der Waals surface area contributed by atoms with Crippen LogP contribution in [0.5, 0.6) is 0 Å². The van der Waals surface area contributed by atoms with Gasteiger partial charge in [0, 0.05) is 24.2 Å². The molecule has 0 unspecified atom stereocenters. The molecule has 0 aliphatic rings. The van der Waals surface area contributed by atoms with E-state index >= 15 is 0 Å². The van der Waals surface area contributed by atoms with Crippen molar-refractivity contribution in [3.05, 3.63) is 58.1 Å². The fraction of sp³-hybridized carbons (Fsp3) is 0.167. The highest BCUT2D eigenvalue weighted by molar-refractivity contribution is 7.22. The van der Waals surface area contributed by atoms with Crippen molar-refractivity contribution in [3.63, 3.8) is 0 Å². The molecule has 2 N–H and O–H groups in total. The summed E-state index contributed by atoms with van der Waals surface area (Å²) in [6, 6.07) is 12.8. The second kappa shape index (κ2) is 7.63. The lowest BCUT2D eigenvalue weighted by Gasteiger charge is -2.07. The van der Waals surface area contributed by atoms with Crippen molar-refractivity contribution in [2.75, 3.05) is 11.9 Å². The third-order valence-electron chi connectivity index (χ3n) is 3.56. The van der Waals surface area contributed by atoms with Crippen LogP contribution >= 0.6 is 22.9 Å². The van der Waals surface area contributed by atoms with Crippen LogP contribution in [0.15, 0.2) is 42.5 Å². The Morgan fingerprint density at radius 3 is 2.84 bits per heavy atom. The Morgan fingerprint density at radius 1 is 1.20 bits per heavy atom. The van der Waals surface area contributed by atoms with Gasteiger partial charge in [0.25, 0.3) is 5.91 Å². The van der Waals surface area contributed by atoms with E-state index in [1.54, 1.807) is 18.2 Å². The maximum Gasteiger partial charge on any atom is 0.251 e. The summed E-state index contributed by atoms with van der Waals surface area (Å²) in [6.45, 7) is 2.22. The average Bonchev–Trinajstić information content (AvgIpc) is 2.93. The number of aromatic nitrogens is 1. The zero-order chi connectivity index (χ0) is 17.8. The molecule has 0 radical (unpaired) electrons. The number of nitrogens with zero attached hydrogens (tertiary/aromatic N) is 1. The van der Waals surface area contributed by atoms with E-state index in [1.165, 1.54) is 11.3 Å². The van der Waals surface area contributed by atoms with Crippen LogP contribution in [0.4, 0.5) is 5.69 Å². The monoisotopic (exact) mass is 373 g/mol. The molecule has 25 heavy (non-hydrogen) atoms. The van der Waals surface area contributed by atoms with E-state index in [1.807, 2.05) is 31.2 Å². The minimum Gasteiger partial charge on any atom is -0.352 e. The lowest BCUT2D eigenvalue weighted by Crippen LogP contribution is -2.27. The summed E-state index contributed by atoms with van der Waals surface area (Å²) >= 11 is 7.20. The van der Waals surface area contributed by atoms with E-state index in [2.05, 4.69) is 15.6 Å². The largest absolute Gasteiger partial charge is 0.352 e. The van der Waals surface area contributed by atoms with Gasteiger partial charge in [-0.15, -0.1) is 11.3 Å². The van der Waals surface area contributed by atoms with Gasteiger partial charge in [-0.3, -0.25) is 9.59 Å². The zero-order valence-corrected chi connectivity index (χ0v) is 15.1. The predicted molar refractivity (Wildman–Crippen MR) is 101 cm³/mol. The number of nitrogens with one attached hydrogen (secondary N) is 2. The number of anilines is 1. The first-order valence-electron chi connectivity index (χ1n) is 7.72. The van der Waals surface area contributed by atoms with Gasteiger partial charge in [0.2, 0.25) is 5.91 Å². The number of amides is 2. The Bertz CT molecular complexity index is 939.